The summed E-state index contributed by atoms with van der Waals surface area (Å²) in [7, 11) is 0. The van der Waals surface area contributed by atoms with Crippen LogP contribution < -0.4 is 0 Å². The van der Waals surface area contributed by atoms with Crippen LogP contribution in [-0.4, -0.2) is 23.6 Å². The first-order valence-electron chi connectivity index (χ1n) is 6.18. The Morgan fingerprint density at radius 2 is 1.78 bits per heavy atom. The fourth-order valence-electron chi connectivity index (χ4n) is 1.72. The Morgan fingerprint density at radius 1 is 1.22 bits per heavy atom. The van der Waals surface area contributed by atoms with Gasteiger partial charge in [-0.3, -0.25) is 9.59 Å². The van der Waals surface area contributed by atoms with Gasteiger partial charge < -0.3 is 9.47 Å². The molecule has 4 heteroatoms. The molecule has 0 aromatic heterocycles. The van der Waals surface area contributed by atoms with Gasteiger partial charge in [-0.2, -0.15) is 0 Å². The van der Waals surface area contributed by atoms with E-state index in [-0.39, 0.29) is 11.9 Å². The molecule has 0 aliphatic carbocycles. The second-order valence-corrected chi connectivity index (χ2v) is 5.09. The third-order valence-electron chi connectivity index (χ3n) is 2.78. The van der Waals surface area contributed by atoms with Gasteiger partial charge >= 0.3 is 11.9 Å². The van der Waals surface area contributed by atoms with E-state index in [1.807, 2.05) is 13.0 Å². The van der Waals surface area contributed by atoms with E-state index >= 15 is 0 Å². The first-order valence-corrected chi connectivity index (χ1v) is 6.18. The molecular weight excluding hydrogens is 232 g/mol. The summed E-state index contributed by atoms with van der Waals surface area (Å²) < 4.78 is 10.5. The number of allylic oxidation sites excluding steroid dienone is 1. The van der Waals surface area contributed by atoms with Gasteiger partial charge in [0.1, 0.15) is 11.7 Å². The molecule has 0 rings (SSSR count). The molecule has 104 valence electrons. The second-order valence-electron chi connectivity index (χ2n) is 5.09. The molecule has 0 amide bonds. The third kappa shape index (κ3) is 6.42. The number of carbonyl (C=O) groups excluding carboxylic acids is 2. The molecule has 0 aromatic carbocycles. The first-order chi connectivity index (χ1) is 8.19. The van der Waals surface area contributed by atoms with Crippen LogP contribution in [0.2, 0.25) is 0 Å². The van der Waals surface area contributed by atoms with Gasteiger partial charge in [0.05, 0.1) is 0 Å². The normalized spacial score (nSPS) is 14.5. The first kappa shape index (κ1) is 16.7. The lowest BCUT2D eigenvalue weighted by Crippen LogP contribution is -2.43. The molecule has 0 fully saturated rings. The Hall–Kier alpha value is -1.32. The molecule has 0 radical (unpaired) electrons. The van der Waals surface area contributed by atoms with Crippen molar-refractivity contribution in [1.82, 2.24) is 0 Å². The van der Waals surface area contributed by atoms with Gasteiger partial charge in [0.25, 0.3) is 0 Å². The van der Waals surface area contributed by atoms with Gasteiger partial charge in [-0.25, -0.2) is 0 Å². The maximum absolute atomic E-state index is 11.1. The second kappa shape index (κ2) is 7.19. The predicted molar refractivity (Wildman–Crippen MR) is 70.0 cm³/mol. The highest BCUT2D eigenvalue weighted by Gasteiger charge is 2.35. The Morgan fingerprint density at radius 3 is 2.17 bits per heavy atom. The number of hydrogen-bond donors (Lipinski definition) is 0. The smallest absolute Gasteiger partial charge is 0.303 e. The van der Waals surface area contributed by atoms with Crippen LogP contribution in [0.25, 0.3) is 0 Å². The predicted octanol–water partition coefficient (Wildman–Crippen LogP) is 2.86. The van der Waals surface area contributed by atoms with Gasteiger partial charge in [0.2, 0.25) is 0 Å². The van der Waals surface area contributed by atoms with E-state index in [2.05, 4.69) is 6.58 Å². The van der Waals surface area contributed by atoms with Gasteiger partial charge in [0.15, 0.2) is 0 Å². The van der Waals surface area contributed by atoms with Crippen LogP contribution in [0.3, 0.4) is 0 Å². The van der Waals surface area contributed by atoms with Crippen molar-refractivity contribution in [3.63, 3.8) is 0 Å². The summed E-state index contributed by atoms with van der Waals surface area (Å²) in [4.78, 5) is 22.2. The highest BCUT2D eigenvalue weighted by molar-refractivity contribution is 5.67. The van der Waals surface area contributed by atoms with Crippen molar-refractivity contribution < 1.29 is 19.1 Å². The molecule has 18 heavy (non-hydrogen) atoms. The maximum atomic E-state index is 11.1. The molecule has 0 N–H and O–H groups in total. The number of rotatable bonds is 7. The molecule has 0 unspecified atom stereocenters. The van der Waals surface area contributed by atoms with Gasteiger partial charge in [0, 0.05) is 13.8 Å². The summed E-state index contributed by atoms with van der Waals surface area (Å²) in [6.07, 6.45) is 2.87. The van der Waals surface area contributed by atoms with Crippen LogP contribution >= 0.6 is 0 Å². The van der Waals surface area contributed by atoms with E-state index in [0.29, 0.717) is 12.3 Å². The molecule has 2 atom stereocenters. The average Bonchev–Trinajstić information content (AvgIpc) is 2.21. The van der Waals surface area contributed by atoms with Crippen LogP contribution in [-0.2, 0) is 19.1 Å². The molecular formula is C14H24O4. The summed E-state index contributed by atoms with van der Waals surface area (Å²) in [6.45, 7) is 12.0. The highest BCUT2D eigenvalue weighted by Crippen LogP contribution is 2.24. The summed E-state index contributed by atoms with van der Waals surface area (Å²) in [5.74, 6) is -0.420. The lowest BCUT2D eigenvalue weighted by atomic mass is 9.93. The van der Waals surface area contributed by atoms with Crippen LogP contribution in [0.15, 0.2) is 12.7 Å². The standard InChI is InChI=1S/C14H24O4/c1-7-10(2)8-9-13(17-11(3)15)14(5,6)18-12(4)16/h7,10,13H,1,8-9H2,2-6H3/t10-,13+/m1/s1. The van der Waals surface area contributed by atoms with Crippen LogP contribution in [0, 0.1) is 5.92 Å². The van der Waals surface area contributed by atoms with Crippen molar-refractivity contribution in [1.29, 1.82) is 0 Å². The van der Waals surface area contributed by atoms with E-state index in [9.17, 15) is 9.59 Å². The minimum atomic E-state index is -0.821. The Balaban J connectivity index is 4.69. The molecule has 4 nitrogen and oxygen atoms in total. The number of esters is 2. The lowest BCUT2D eigenvalue weighted by Gasteiger charge is -2.33. The van der Waals surface area contributed by atoms with E-state index in [0.717, 1.165) is 6.42 Å². The Kier molecular flexibility index (Phi) is 6.66. The van der Waals surface area contributed by atoms with Gasteiger partial charge in [-0.15, -0.1) is 6.58 Å². The maximum Gasteiger partial charge on any atom is 0.303 e. The topological polar surface area (TPSA) is 52.6 Å². The van der Waals surface area contributed by atoms with Gasteiger partial charge in [-0.05, 0) is 32.6 Å². The van der Waals surface area contributed by atoms with Crippen LogP contribution in [0.5, 0.6) is 0 Å². The van der Waals surface area contributed by atoms with Crippen molar-refractivity contribution in [3.8, 4) is 0 Å². The van der Waals surface area contributed by atoms with Crippen LogP contribution in [0.4, 0.5) is 0 Å². The van der Waals surface area contributed by atoms with E-state index in [1.54, 1.807) is 13.8 Å². The quantitative estimate of drug-likeness (QED) is 0.519. The third-order valence-corrected chi connectivity index (χ3v) is 2.78. The van der Waals surface area contributed by atoms with Gasteiger partial charge in [-0.1, -0.05) is 13.0 Å². The monoisotopic (exact) mass is 256 g/mol. The SMILES string of the molecule is C=C[C@@H](C)CC[C@H](OC(C)=O)C(C)(C)OC(C)=O. The Bertz CT molecular complexity index is 307. The van der Waals surface area contributed by atoms with Crippen molar-refractivity contribution >= 4 is 11.9 Å². The van der Waals surface area contributed by atoms with Crippen molar-refractivity contribution in [2.45, 2.75) is 59.2 Å². The van der Waals surface area contributed by atoms with E-state index in [1.165, 1.54) is 13.8 Å². The molecule has 0 aromatic rings. The number of ether oxygens (including phenoxy) is 2. The lowest BCUT2D eigenvalue weighted by molar-refractivity contribution is -0.179. The van der Waals surface area contributed by atoms with E-state index < -0.39 is 11.7 Å². The highest BCUT2D eigenvalue weighted by atomic mass is 16.6. The molecule has 0 heterocycles. The minimum Gasteiger partial charge on any atom is -0.458 e. The summed E-state index contributed by atoms with van der Waals surface area (Å²) >= 11 is 0. The average molecular weight is 256 g/mol. The zero-order chi connectivity index (χ0) is 14.3. The molecule has 0 bridgehead atoms. The fourth-order valence-corrected chi connectivity index (χ4v) is 1.72. The summed E-state index contributed by atoms with van der Waals surface area (Å²) in [5.41, 5.74) is -0.821. The number of carbonyl (C=O) groups is 2. The molecule has 0 aliphatic heterocycles. The van der Waals surface area contributed by atoms with E-state index in [4.69, 9.17) is 9.47 Å². The zero-order valence-corrected chi connectivity index (χ0v) is 12.0. The molecule has 0 saturated heterocycles. The zero-order valence-electron chi connectivity index (χ0n) is 12.0. The van der Waals surface area contributed by atoms with Crippen molar-refractivity contribution in [2.75, 3.05) is 0 Å². The fraction of sp³-hybridized carbons (Fsp3) is 0.714. The summed E-state index contributed by atoms with van der Waals surface area (Å²) in [6, 6.07) is 0. The largest absolute Gasteiger partial charge is 0.458 e. The number of hydrogen-bond acceptors (Lipinski definition) is 4. The molecule has 0 spiro atoms. The van der Waals surface area contributed by atoms with Crippen molar-refractivity contribution in [2.24, 2.45) is 5.92 Å². The minimum absolute atomic E-state index is 0.330. The molecule has 0 saturated carbocycles. The summed E-state index contributed by atoms with van der Waals surface area (Å²) in [5, 5.41) is 0. The Labute approximate surface area is 109 Å². The van der Waals surface area contributed by atoms with Crippen LogP contribution in [0.1, 0.15) is 47.5 Å². The molecule has 0 aliphatic rings. The van der Waals surface area contributed by atoms with Crippen molar-refractivity contribution in [3.05, 3.63) is 12.7 Å².